The molecule has 0 bridgehead atoms. The van der Waals surface area contributed by atoms with Crippen LogP contribution in [-0.4, -0.2) is 23.7 Å². The lowest BCUT2D eigenvalue weighted by molar-refractivity contribution is 0.0915. The fourth-order valence-corrected chi connectivity index (χ4v) is 1.71. The molecule has 6 heteroatoms. The van der Waals surface area contributed by atoms with E-state index in [1.165, 1.54) is 18.2 Å². The van der Waals surface area contributed by atoms with Crippen LogP contribution in [0.4, 0.5) is 0 Å². The van der Waals surface area contributed by atoms with Crippen molar-refractivity contribution in [3.63, 3.8) is 0 Å². The first-order chi connectivity index (χ1) is 10.1. The van der Waals surface area contributed by atoms with Gasteiger partial charge in [-0.3, -0.25) is 9.59 Å². The monoisotopic (exact) mass is 286 g/mol. The van der Waals surface area contributed by atoms with Gasteiger partial charge in [0, 0.05) is 5.56 Å². The molecule has 2 aromatic rings. The summed E-state index contributed by atoms with van der Waals surface area (Å²) in [6, 6.07) is 13.0. The quantitative estimate of drug-likeness (QED) is 0.720. The Morgan fingerprint density at radius 1 is 1.10 bits per heavy atom. The predicted octanol–water partition coefficient (Wildman–Crippen LogP) is 1.26. The van der Waals surface area contributed by atoms with E-state index in [1.807, 2.05) is 0 Å². The minimum Gasteiger partial charge on any atom is -0.504 e. The summed E-state index contributed by atoms with van der Waals surface area (Å²) in [4.78, 5) is 22.8. The molecule has 2 amide bonds. The first-order valence-electron chi connectivity index (χ1n) is 6.17. The van der Waals surface area contributed by atoms with Gasteiger partial charge < -0.3 is 20.9 Å². The van der Waals surface area contributed by atoms with Crippen molar-refractivity contribution in [1.29, 1.82) is 0 Å². The summed E-state index contributed by atoms with van der Waals surface area (Å²) in [6.45, 7) is -0.149. The predicted molar refractivity (Wildman–Crippen MR) is 76.0 cm³/mol. The summed E-state index contributed by atoms with van der Waals surface area (Å²) >= 11 is 0. The van der Waals surface area contributed by atoms with E-state index in [4.69, 9.17) is 10.5 Å². The largest absolute Gasteiger partial charge is 0.504 e. The Kier molecular flexibility index (Phi) is 4.40. The fraction of sp³-hybridized carbons (Fsp3) is 0.0667. The second-order valence-corrected chi connectivity index (χ2v) is 4.18. The molecule has 2 rings (SSSR count). The SMILES string of the molecule is NC(=O)c1cccc(OCNC(=O)c2ccccc2)c1O. The highest BCUT2D eigenvalue weighted by Gasteiger charge is 2.12. The Labute approximate surface area is 121 Å². The number of benzene rings is 2. The van der Waals surface area contributed by atoms with E-state index in [0.29, 0.717) is 5.56 Å². The highest BCUT2D eigenvalue weighted by Crippen LogP contribution is 2.29. The maximum atomic E-state index is 11.8. The zero-order valence-corrected chi connectivity index (χ0v) is 11.1. The third-order valence-electron chi connectivity index (χ3n) is 2.76. The molecule has 0 atom stereocenters. The van der Waals surface area contributed by atoms with Crippen molar-refractivity contribution in [2.45, 2.75) is 0 Å². The van der Waals surface area contributed by atoms with Crippen molar-refractivity contribution in [3.05, 3.63) is 59.7 Å². The Balaban J connectivity index is 1.97. The molecule has 108 valence electrons. The average molecular weight is 286 g/mol. The van der Waals surface area contributed by atoms with Crippen LogP contribution in [0.3, 0.4) is 0 Å². The van der Waals surface area contributed by atoms with Gasteiger partial charge in [-0.25, -0.2) is 0 Å². The van der Waals surface area contributed by atoms with Gasteiger partial charge in [0.1, 0.15) is 0 Å². The summed E-state index contributed by atoms with van der Waals surface area (Å²) < 4.78 is 5.23. The first-order valence-corrected chi connectivity index (χ1v) is 6.17. The molecule has 0 radical (unpaired) electrons. The molecule has 0 saturated carbocycles. The van der Waals surface area contributed by atoms with Crippen LogP contribution >= 0.6 is 0 Å². The van der Waals surface area contributed by atoms with Gasteiger partial charge in [0.05, 0.1) is 5.56 Å². The van der Waals surface area contributed by atoms with E-state index < -0.39 is 5.91 Å². The number of hydrogen-bond acceptors (Lipinski definition) is 4. The van der Waals surface area contributed by atoms with Crippen LogP contribution in [0.25, 0.3) is 0 Å². The maximum Gasteiger partial charge on any atom is 0.253 e. The first kappa shape index (κ1) is 14.4. The molecule has 0 aliphatic heterocycles. The summed E-state index contributed by atoms with van der Waals surface area (Å²) in [5, 5.41) is 12.3. The molecule has 0 saturated heterocycles. The molecule has 4 N–H and O–H groups in total. The molecular formula is C15H14N2O4. The number of carbonyl (C=O) groups excluding carboxylic acids is 2. The minimum absolute atomic E-state index is 0.0399. The highest BCUT2D eigenvalue weighted by atomic mass is 16.5. The van der Waals surface area contributed by atoms with Crippen LogP contribution < -0.4 is 15.8 Å². The number of hydrogen-bond donors (Lipinski definition) is 3. The van der Waals surface area contributed by atoms with Crippen LogP contribution in [0, 0.1) is 0 Å². The molecule has 21 heavy (non-hydrogen) atoms. The van der Waals surface area contributed by atoms with Gasteiger partial charge in [-0.15, -0.1) is 0 Å². The number of nitrogens with one attached hydrogen (secondary N) is 1. The van der Waals surface area contributed by atoms with Crippen molar-refractivity contribution in [1.82, 2.24) is 5.32 Å². The van der Waals surface area contributed by atoms with Crippen LogP contribution in [0.1, 0.15) is 20.7 Å². The summed E-state index contributed by atoms with van der Waals surface area (Å²) in [6.07, 6.45) is 0. The van der Waals surface area contributed by atoms with Gasteiger partial charge in [0.25, 0.3) is 11.8 Å². The molecule has 0 aliphatic rings. The molecule has 0 unspecified atom stereocenters. The molecule has 2 aromatic carbocycles. The van der Waals surface area contributed by atoms with Gasteiger partial charge in [-0.2, -0.15) is 0 Å². The fourth-order valence-electron chi connectivity index (χ4n) is 1.71. The number of ether oxygens (including phenoxy) is 1. The topological polar surface area (TPSA) is 102 Å². The second-order valence-electron chi connectivity index (χ2n) is 4.18. The molecule has 0 spiro atoms. The van der Waals surface area contributed by atoms with Crippen molar-refractivity contribution in [3.8, 4) is 11.5 Å². The van der Waals surface area contributed by atoms with E-state index in [2.05, 4.69) is 5.32 Å². The minimum atomic E-state index is -0.758. The van der Waals surface area contributed by atoms with Crippen LogP contribution in [0.2, 0.25) is 0 Å². The normalized spacial score (nSPS) is 9.90. The number of carbonyl (C=O) groups is 2. The lowest BCUT2D eigenvalue weighted by Crippen LogP contribution is -2.27. The Hall–Kier alpha value is -3.02. The number of amides is 2. The van der Waals surface area contributed by atoms with E-state index in [0.717, 1.165) is 0 Å². The zero-order chi connectivity index (χ0) is 15.2. The Morgan fingerprint density at radius 3 is 2.48 bits per heavy atom. The molecule has 0 aromatic heterocycles. The second kappa shape index (κ2) is 6.42. The summed E-state index contributed by atoms with van der Waals surface area (Å²) in [5.74, 6) is -1.34. The number of phenols is 1. The molecule has 0 aliphatic carbocycles. The van der Waals surface area contributed by atoms with E-state index in [9.17, 15) is 14.7 Å². The van der Waals surface area contributed by atoms with Crippen LogP contribution in [-0.2, 0) is 0 Å². The highest BCUT2D eigenvalue weighted by molar-refractivity contribution is 5.96. The maximum absolute atomic E-state index is 11.8. The average Bonchev–Trinajstić information content (AvgIpc) is 2.49. The van der Waals surface area contributed by atoms with Gasteiger partial charge in [-0.05, 0) is 24.3 Å². The van der Waals surface area contributed by atoms with E-state index in [-0.39, 0.29) is 29.7 Å². The lowest BCUT2D eigenvalue weighted by atomic mass is 10.2. The van der Waals surface area contributed by atoms with Crippen molar-refractivity contribution in [2.75, 3.05) is 6.73 Å². The van der Waals surface area contributed by atoms with Crippen LogP contribution in [0.15, 0.2) is 48.5 Å². The van der Waals surface area contributed by atoms with Crippen molar-refractivity contribution >= 4 is 11.8 Å². The van der Waals surface area contributed by atoms with E-state index >= 15 is 0 Å². The third-order valence-corrected chi connectivity index (χ3v) is 2.76. The summed E-state index contributed by atoms with van der Waals surface area (Å²) in [7, 11) is 0. The Bertz CT molecular complexity index is 656. The van der Waals surface area contributed by atoms with Gasteiger partial charge >= 0.3 is 0 Å². The van der Waals surface area contributed by atoms with Gasteiger partial charge in [0.15, 0.2) is 18.2 Å². The molecule has 6 nitrogen and oxygen atoms in total. The van der Waals surface area contributed by atoms with Crippen molar-refractivity contribution in [2.24, 2.45) is 5.73 Å². The number of primary amides is 1. The molecule has 0 fully saturated rings. The summed E-state index contributed by atoms with van der Waals surface area (Å²) in [5.41, 5.74) is 5.57. The number of rotatable bonds is 5. The number of nitrogens with two attached hydrogens (primary N) is 1. The van der Waals surface area contributed by atoms with Gasteiger partial charge in [-0.1, -0.05) is 24.3 Å². The van der Waals surface area contributed by atoms with E-state index in [1.54, 1.807) is 30.3 Å². The van der Waals surface area contributed by atoms with Gasteiger partial charge in [0.2, 0.25) is 0 Å². The number of aromatic hydroxyl groups is 1. The molecule has 0 heterocycles. The van der Waals surface area contributed by atoms with Crippen molar-refractivity contribution < 1.29 is 19.4 Å². The Morgan fingerprint density at radius 2 is 1.81 bits per heavy atom. The smallest absolute Gasteiger partial charge is 0.253 e. The van der Waals surface area contributed by atoms with Crippen LogP contribution in [0.5, 0.6) is 11.5 Å². The molecular weight excluding hydrogens is 272 g/mol. The standard InChI is InChI=1S/C15H14N2O4/c16-14(19)11-7-4-8-12(13(11)18)21-9-17-15(20)10-5-2-1-3-6-10/h1-8,18H,9H2,(H2,16,19)(H,17,20). The lowest BCUT2D eigenvalue weighted by Gasteiger charge is -2.10. The third kappa shape index (κ3) is 3.50. The zero-order valence-electron chi connectivity index (χ0n) is 11.1. The number of para-hydroxylation sites is 1.